The van der Waals surface area contributed by atoms with Crippen molar-refractivity contribution in [2.24, 2.45) is 0 Å². The third-order valence-corrected chi connectivity index (χ3v) is 6.11. The minimum atomic E-state index is -0.198. The molecule has 0 aliphatic heterocycles. The van der Waals surface area contributed by atoms with Gasteiger partial charge in [0.1, 0.15) is 0 Å². The number of allylic oxidation sites excluding steroid dienone is 4. The smallest absolute Gasteiger partial charge is 0.147 e. The molecule has 1 N–H and O–H groups in total. The summed E-state index contributed by atoms with van der Waals surface area (Å²) >= 11 is -0.198. The van der Waals surface area contributed by atoms with Crippen LogP contribution in [0.4, 0.5) is 0 Å². The molecule has 0 radical (unpaired) electrons. The van der Waals surface area contributed by atoms with Gasteiger partial charge in [-0.3, -0.25) is 0 Å². The SMILES string of the molecule is CCCC[NH][Ti][C](C)(C)c1ccccc1C1=CC(C)=CC1.Cl.Cl. The molecule has 1 nitrogen and oxygen atoms in total. The molecule has 0 bridgehead atoms. The number of hydrogen-bond donors (Lipinski definition) is 1. The van der Waals surface area contributed by atoms with Crippen molar-refractivity contribution in [1.29, 1.82) is 0 Å². The van der Waals surface area contributed by atoms with Crippen molar-refractivity contribution >= 4 is 30.4 Å². The number of benzene rings is 1. The molecule has 0 saturated heterocycles. The fraction of sp³-hybridized carbons (Fsp3) is 0.474. The summed E-state index contributed by atoms with van der Waals surface area (Å²) in [4.78, 5) is 0. The molecule has 0 fully saturated rings. The summed E-state index contributed by atoms with van der Waals surface area (Å²) in [6.45, 7) is 10.4. The molecule has 128 valence electrons. The molecular formula is C19H29Cl2NTi. The summed E-state index contributed by atoms with van der Waals surface area (Å²) in [5.74, 6) is 0. The molecule has 1 aromatic rings. The van der Waals surface area contributed by atoms with Gasteiger partial charge in [-0.25, -0.2) is 0 Å². The molecular weight excluding hydrogens is 361 g/mol. The Morgan fingerprint density at radius 2 is 1.87 bits per heavy atom. The zero-order valence-corrected chi connectivity index (χ0v) is 17.8. The Hall–Kier alpha value is -0.0457. The number of unbranched alkanes of at least 4 members (excludes halogenated alkanes) is 1. The van der Waals surface area contributed by atoms with Crippen LogP contribution < -0.4 is 3.80 Å². The second-order valence-corrected chi connectivity index (χ2v) is 9.29. The van der Waals surface area contributed by atoms with E-state index >= 15 is 0 Å². The number of nitrogens with one attached hydrogen (secondary N) is 1. The van der Waals surface area contributed by atoms with Gasteiger partial charge in [0.25, 0.3) is 0 Å². The Bertz CT molecular complexity index is 550. The molecule has 0 amide bonds. The van der Waals surface area contributed by atoms with E-state index in [2.05, 4.69) is 67.9 Å². The molecule has 2 rings (SSSR count). The molecule has 1 aliphatic carbocycles. The topological polar surface area (TPSA) is 12.0 Å². The van der Waals surface area contributed by atoms with Gasteiger partial charge in [-0.15, -0.1) is 24.8 Å². The molecule has 1 aliphatic rings. The Balaban J connectivity index is 0.00000242. The van der Waals surface area contributed by atoms with Crippen LogP contribution in [0.25, 0.3) is 5.57 Å². The van der Waals surface area contributed by atoms with Crippen LogP contribution in [0.1, 0.15) is 58.1 Å². The molecule has 0 saturated carbocycles. The summed E-state index contributed by atoms with van der Waals surface area (Å²) in [7, 11) is 0. The first-order valence-corrected chi connectivity index (χ1v) is 9.58. The third kappa shape index (κ3) is 6.40. The Morgan fingerprint density at radius 1 is 1.17 bits per heavy atom. The van der Waals surface area contributed by atoms with Crippen LogP contribution in [0.3, 0.4) is 0 Å². The molecule has 0 spiro atoms. The van der Waals surface area contributed by atoms with Crippen LogP contribution >= 0.6 is 24.8 Å². The molecule has 0 aromatic heterocycles. The van der Waals surface area contributed by atoms with Crippen LogP contribution in [0.5, 0.6) is 0 Å². The van der Waals surface area contributed by atoms with Gasteiger partial charge in [-0.05, 0) is 0 Å². The van der Waals surface area contributed by atoms with Crippen molar-refractivity contribution < 1.29 is 19.4 Å². The summed E-state index contributed by atoms with van der Waals surface area (Å²) < 4.78 is 4.02. The van der Waals surface area contributed by atoms with Gasteiger partial charge < -0.3 is 0 Å². The summed E-state index contributed by atoms with van der Waals surface area (Å²) in [6, 6.07) is 8.99. The summed E-state index contributed by atoms with van der Waals surface area (Å²) in [5.41, 5.74) is 5.85. The maximum absolute atomic E-state index is 3.74. The van der Waals surface area contributed by atoms with E-state index in [1.54, 1.807) is 0 Å². The maximum Gasteiger partial charge on any atom is -0.147 e. The molecule has 0 heterocycles. The van der Waals surface area contributed by atoms with Gasteiger partial charge in [0, 0.05) is 0 Å². The van der Waals surface area contributed by atoms with Crippen LogP contribution in [0.2, 0.25) is 0 Å². The minimum Gasteiger partial charge on any atom is -0.147 e. The second kappa shape index (κ2) is 10.7. The number of halogens is 2. The average molecular weight is 390 g/mol. The predicted molar refractivity (Wildman–Crippen MR) is 103 cm³/mol. The van der Waals surface area contributed by atoms with E-state index in [9.17, 15) is 0 Å². The van der Waals surface area contributed by atoms with Crippen molar-refractivity contribution in [3.63, 3.8) is 0 Å². The summed E-state index contributed by atoms with van der Waals surface area (Å²) in [5, 5.41) is 0. The molecule has 4 heteroatoms. The summed E-state index contributed by atoms with van der Waals surface area (Å²) in [6.07, 6.45) is 8.32. The molecule has 23 heavy (non-hydrogen) atoms. The number of rotatable bonds is 7. The van der Waals surface area contributed by atoms with Crippen LogP contribution in [-0.4, -0.2) is 6.54 Å². The average Bonchev–Trinajstić information content (AvgIpc) is 2.90. The van der Waals surface area contributed by atoms with Gasteiger partial charge in [-0.1, -0.05) is 0 Å². The first-order valence-electron chi connectivity index (χ1n) is 8.02. The van der Waals surface area contributed by atoms with Gasteiger partial charge in [0.05, 0.1) is 0 Å². The van der Waals surface area contributed by atoms with E-state index in [0.717, 1.165) is 6.42 Å². The molecule has 0 unspecified atom stereocenters. The second-order valence-electron chi connectivity index (χ2n) is 6.40. The third-order valence-electron chi connectivity index (χ3n) is 4.05. The Kier molecular flexibility index (Phi) is 10.7. The largest absolute Gasteiger partial charge is 0.147 e. The van der Waals surface area contributed by atoms with Crippen molar-refractivity contribution in [3.05, 3.63) is 53.1 Å². The van der Waals surface area contributed by atoms with Gasteiger partial charge >= 0.3 is 139 Å². The van der Waals surface area contributed by atoms with E-state index < -0.39 is 0 Å². The van der Waals surface area contributed by atoms with Crippen molar-refractivity contribution in [1.82, 2.24) is 3.80 Å². The fourth-order valence-corrected chi connectivity index (χ4v) is 4.49. The predicted octanol–water partition coefficient (Wildman–Crippen LogP) is 5.89. The van der Waals surface area contributed by atoms with E-state index in [1.165, 1.54) is 41.7 Å². The van der Waals surface area contributed by atoms with E-state index in [0.29, 0.717) is 0 Å². The number of hydrogen-bond acceptors (Lipinski definition) is 1. The van der Waals surface area contributed by atoms with E-state index in [1.807, 2.05) is 0 Å². The fourth-order valence-electron chi connectivity index (χ4n) is 2.78. The minimum absolute atomic E-state index is 0. The Morgan fingerprint density at radius 3 is 2.48 bits per heavy atom. The standard InChI is InChI=1S/C15H17.C4H10N.2ClH.Ti/c1-11(2)14-6-4-5-7-15(14)13-9-8-12(3)10-13;1-2-3-4-5;;;/h4-8,10H,9H2,1-3H3;5H,2-4H2,1H3;2*1H;/q;-1;;;+1. The van der Waals surface area contributed by atoms with Gasteiger partial charge in [-0.2, -0.15) is 0 Å². The van der Waals surface area contributed by atoms with Crippen molar-refractivity contribution in [2.75, 3.05) is 6.54 Å². The zero-order chi connectivity index (χ0) is 15.3. The first-order chi connectivity index (χ1) is 10.0. The maximum atomic E-state index is 3.74. The van der Waals surface area contributed by atoms with Gasteiger partial charge in [0.15, 0.2) is 0 Å². The molecule has 1 aromatic carbocycles. The Labute approximate surface area is 163 Å². The van der Waals surface area contributed by atoms with E-state index in [4.69, 9.17) is 0 Å². The van der Waals surface area contributed by atoms with Crippen molar-refractivity contribution in [3.8, 4) is 0 Å². The quantitative estimate of drug-likeness (QED) is 0.453. The normalized spacial score (nSPS) is 13.6. The van der Waals surface area contributed by atoms with Crippen LogP contribution in [-0.2, 0) is 23.1 Å². The monoisotopic (exact) mass is 389 g/mol. The van der Waals surface area contributed by atoms with Crippen LogP contribution in [0, 0.1) is 0 Å². The van der Waals surface area contributed by atoms with E-state index in [-0.39, 0.29) is 47.9 Å². The first kappa shape index (κ1) is 23.0. The van der Waals surface area contributed by atoms with Crippen molar-refractivity contribution in [2.45, 2.75) is 50.7 Å². The molecule has 0 atom stereocenters. The van der Waals surface area contributed by atoms with Gasteiger partial charge in [0.2, 0.25) is 0 Å². The van der Waals surface area contributed by atoms with Crippen LogP contribution in [0.15, 0.2) is 42.0 Å². The zero-order valence-electron chi connectivity index (χ0n) is 14.6.